The smallest absolute Gasteiger partial charge is 0.273 e. The minimum Gasteiger partial charge on any atom is -0.387 e. The van der Waals surface area contributed by atoms with Gasteiger partial charge in [0, 0.05) is 23.7 Å². The summed E-state index contributed by atoms with van der Waals surface area (Å²) >= 11 is 0. The first-order valence-electron chi connectivity index (χ1n) is 7.65. The number of nitro benzene ring substituents is 1. The molecule has 1 aliphatic carbocycles. The molecule has 1 N–H and O–H groups in total. The zero-order chi connectivity index (χ0) is 16.9. The lowest BCUT2D eigenvalue weighted by atomic mass is 10.0. The van der Waals surface area contributed by atoms with E-state index < -0.39 is 16.7 Å². The normalized spacial score (nSPS) is 19.0. The van der Waals surface area contributed by atoms with Gasteiger partial charge in [0.25, 0.3) is 11.6 Å². The predicted molar refractivity (Wildman–Crippen MR) is 81.0 cm³/mol. The van der Waals surface area contributed by atoms with E-state index in [0.717, 1.165) is 12.8 Å². The number of aliphatic hydroxyl groups is 1. The van der Waals surface area contributed by atoms with Crippen LogP contribution in [0.3, 0.4) is 0 Å². The van der Waals surface area contributed by atoms with E-state index >= 15 is 0 Å². The fraction of sp³-hybridized carbons (Fsp3) is 0.562. The van der Waals surface area contributed by atoms with Crippen molar-refractivity contribution in [1.82, 2.24) is 4.90 Å². The predicted octanol–water partition coefficient (Wildman–Crippen LogP) is 2.54. The van der Waals surface area contributed by atoms with Crippen molar-refractivity contribution in [2.75, 3.05) is 6.54 Å². The molecule has 1 aromatic rings. The third-order valence-electron chi connectivity index (χ3n) is 4.49. The molecule has 1 unspecified atom stereocenters. The topological polar surface area (TPSA) is 83.7 Å². The van der Waals surface area contributed by atoms with E-state index in [1.54, 1.807) is 6.07 Å². The quantitative estimate of drug-likeness (QED) is 0.667. The van der Waals surface area contributed by atoms with Gasteiger partial charge in [-0.1, -0.05) is 0 Å². The van der Waals surface area contributed by atoms with Crippen molar-refractivity contribution in [2.24, 2.45) is 0 Å². The molecule has 0 aromatic heterocycles. The molecular formula is C16H19FN2O4. The van der Waals surface area contributed by atoms with Crippen LogP contribution in [0.15, 0.2) is 12.1 Å². The van der Waals surface area contributed by atoms with Gasteiger partial charge in [-0.3, -0.25) is 14.9 Å². The zero-order valence-corrected chi connectivity index (χ0v) is 13.1. The summed E-state index contributed by atoms with van der Waals surface area (Å²) in [6.07, 6.45) is 0.199. The van der Waals surface area contributed by atoms with Crippen molar-refractivity contribution < 1.29 is 19.2 Å². The number of halogens is 1. The van der Waals surface area contributed by atoms with Crippen molar-refractivity contribution in [2.45, 2.75) is 50.9 Å². The number of alkyl halides is 1. The van der Waals surface area contributed by atoms with Crippen LogP contribution >= 0.6 is 0 Å². The van der Waals surface area contributed by atoms with Crippen molar-refractivity contribution in [1.29, 1.82) is 0 Å². The van der Waals surface area contributed by atoms with E-state index in [-0.39, 0.29) is 30.6 Å². The van der Waals surface area contributed by atoms with E-state index in [2.05, 4.69) is 0 Å². The summed E-state index contributed by atoms with van der Waals surface area (Å²) in [5.41, 5.74) is 0.0677. The SMILES string of the molecule is CC(C)(O)C(F)CN1Cc2cc([N+](=O)[O-])c(C3CC3)cc2C1=O. The Bertz CT molecular complexity index is 679. The minimum atomic E-state index is -1.58. The van der Waals surface area contributed by atoms with Crippen LogP contribution in [0.1, 0.15) is 54.1 Å². The van der Waals surface area contributed by atoms with E-state index in [1.165, 1.54) is 24.8 Å². The second-order valence-electron chi connectivity index (χ2n) is 6.91. The van der Waals surface area contributed by atoms with Crippen molar-refractivity contribution >= 4 is 11.6 Å². The average Bonchev–Trinajstić information content (AvgIpc) is 3.24. The van der Waals surface area contributed by atoms with Crippen LogP contribution in [-0.2, 0) is 6.54 Å². The third-order valence-corrected chi connectivity index (χ3v) is 4.49. The highest BCUT2D eigenvalue weighted by Gasteiger charge is 2.38. The Morgan fingerprint density at radius 3 is 2.65 bits per heavy atom. The van der Waals surface area contributed by atoms with Crippen molar-refractivity contribution in [3.8, 4) is 0 Å². The van der Waals surface area contributed by atoms with Crippen molar-refractivity contribution in [3.05, 3.63) is 38.9 Å². The van der Waals surface area contributed by atoms with Gasteiger partial charge >= 0.3 is 0 Å². The van der Waals surface area contributed by atoms with Gasteiger partial charge < -0.3 is 10.0 Å². The molecule has 0 bridgehead atoms. The molecule has 0 radical (unpaired) electrons. The number of carbonyl (C=O) groups excluding carboxylic acids is 1. The lowest BCUT2D eigenvalue weighted by molar-refractivity contribution is -0.385. The number of carbonyl (C=O) groups is 1. The van der Waals surface area contributed by atoms with E-state index in [9.17, 15) is 24.4 Å². The summed E-state index contributed by atoms with van der Waals surface area (Å²) in [5, 5.41) is 20.9. The highest BCUT2D eigenvalue weighted by Crippen LogP contribution is 2.46. The fourth-order valence-corrected chi connectivity index (χ4v) is 2.87. The van der Waals surface area contributed by atoms with E-state index in [4.69, 9.17) is 0 Å². The molecule has 2 aliphatic rings. The molecular weight excluding hydrogens is 303 g/mol. The van der Waals surface area contributed by atoms with Gasteiger partial charge in [-0.25, -0.2) is 4.39 Å². The summed E-state index contributed by atoms with van der Waals surface area (Å²) in [4.78, 5) is 24.6. The highest BCUT2D eigenvalue weighted by atomic mass is 19.1. The van der Waals surface area contributed by atoms with E-state index in [0.29, 0.717) is 16.7 Å². The maximum Gasteiger partial charge on any atom is 0.273 e. The lowest BCUT2D eigenvalue weighted by Crippen LogP contribution is -2.42. The number of rotatable bonds is 5. The van der Waals surface area contributed by atoms with Crippen LogP contribution in [0, 0.1) is 10.1 Å². The first kappa shape index (κ1) is 15.9. The van der Waals surface area contributed by atoms with Gasteiger partial charge in [0.05, 0.1) is 17.1 Å². The minimum absolute atomic E-state index is 0.0418. The summed E-state index contributed by atoms with van der Waals surface area (Å²) in [6.45, 7) is 2.60. The van der Waals surface area contributed by atoms with Crippen LogP contribution in [0.5, 0.6) is 0 Å². The molecule has 124 valence electrons. The van der Waals surface area contributed by atoms with Crippen molar-refractivity contribution in [3.63, 3.8) is 0 Å². The number of nitrogens with zero attached hydrogens (tertiary/aromatic N) is 2. The molecule has 0 saturated heterocycles. The molecule has 3 rings (SSSR count). The molecule has 1 amide bonds. The van der Waals surface area contributed by atoms with Gasteiger partial charge in [-0.05, 0) is 44.2 Å². The monoisotopic (exact) mass is 322 g/mol. The zero-order valence-electron chi connectivity index (χ0n) is 13.1. The number of fused-ring (bicyclic) bond motifs is 1. The molecule has 1 aromatic carbocycles. The first-order valence-corrected chi connectivity index (χ1v) is 7.65. The summed E-state index contributed by atoms with van der Waals surface area (Å²) in [7, 11) is 0. The Hall–Kier alpha value is -2.02. The van der Waals surface area contributed by atoms with Crippen LogP contribution in [0.2, 0.25) is 0 Å². The third kappa shape index (κ3) is 2.93. The van der Waals surface area contributed by atoms with Gasteiger partial charge in [0.2, 0.25) is 0 Å². The Labute approximate surface area is 133 Å². The average molecular weight is 322 g/mol. The maximum atomic E-state index is 14.0. The molecule has 1 heterocycles. The molecule has 1 saturated carbocycles. The number of hydrogen-bond acceptors (Lipinski definition) is 4. The molecule has 7 heteroatoms. The Kier molecular flexibility index (Phi) is 3.63. The summed E-state index contributed by atoms with van der Waals surface area (Å²) < 4.78 is 14.0. The number of amides is 1. The van der Waals surface area contributed by atoms with Crippen LogP contribution in [0.4, 0.5) is 10.1 Å². The molecule has 23 heavy (non-hydrogen) atoms. The Morgan fingerprint density at radius 2 is 2.13 bits per heavy atom. The molecule has 1 fully saturated rings. The second-order valence-corrected chi connectivity index (χ2v) is 6.91. The first-order chi connectivity index (χ1) is 10.7. The Balaban J connectivity index is 1.89. The van der Waals surface area contributed by atoms with Crippen LogP contribution < -0.4 is 0 Å². The number of nitro groups is 1. The van der Waals surface area contributed by atoms with Gasteiger partial charge in [0.1, 0.15) is 6.17 Å². The fourth-order valence-electron chi connectivity index (χ4n) is 2.87. The van der Waals surface area contributed by atoms with E-state index in [1.807, 2.05) is 0 Å². The summed E-state index contributed by atoms with van der Waals surface area (Å²) in [6, 6.07) is 3.04. The second kappa shape index (κ2) is 5.26. The highest BCUT2D eigenvalue weighted by molar-refractivity contribution is 5.99. The number of benzene rings is 1. The van der Waals surface area contributed by atoms with Gasteiger partial charge in [0.15, 0.2) is 0 Å². The largest absolute Gasteiger partial charge is 0.387 e. The molecule has 1 aliphatic heterocycles. The molecule has 0 spiro atoms. The summed E-state index contributed by atoms with van der Waals surface area (Å²) in [5.74, 6) is -0.184. The van der Waals surface area contributed by atoms with Gasteiger partial charge in [-0.2, -0.15) is 0 Å². The van der Waals surface area contributed by atoms with Gasteiger partial charge in [-0.15, -0.1) is 0 Å². The number of hydrogen-bond donors (Lipinski definition) is 1. The van der Waals surface area contributed by atoms with Crippen LogP contribution in [-0.4, -0.2) is 39.2 Å². The van der Waals surface area contributed by atoms with Crippen LogP contribution in [0.25, 0.3) is 0 Å². The standard InChI is InChI=1S/C16H19FN2O4/c1-16(2,21)14(17)8-18-7-10-5-13(19(22)23)11(9-3-4-9)6-12(10)15(18)20/h5-6,9,14,21H,3-4,7-8H2,1-2H3. The maximum absolute atomic E-state index is 14.0. The lowest BCUT2D eigenvalue weighted by Gasteiger charge is -2.26. The molecule has 1 atom stereocenters. The molecule has 6 nitrogen and oxygen atoms in total. The Morgan fingerprint density at radius 1 is 1.48 bits per heavy atom.